The number of aromatic nitrogens is 1. The number of hydrogen-bond acceptors (Lipinski definition) is 9. The molecule has 2 aromatic carbocycles. The fourth-order valence-electron chi connectivity index (χ4n) is 3.29. The third-order valence-corrected chi connectivity index (χ3v) is 7.92. The normalized spacial score (nSPS) is 11.5. The van der Waals surface area contributed by atoms with Gasteiger partial charge in [0.25, 0.3) is 5.91 Å². The maximum atomic E-state index is 13.0. The Kier molecular flexibility index (Phi) is 9.79. The highest BCUT2D eigenvalue weighted by atomic mass is 32.2. The Morgan fingerprint density at radius 2 is 1.58 bits per heavy atom. The van der Waals surface area contributed by atoms with Crippen LogP contribution < -0.4 is 14.8 Å². The third kappa shape index (κ3) is 6.59. The van der Waals surface area contributed by atoms with Gasteiger partial charge < -0.3 is 18.9 Å². The van der Waals surface area contributed by atoms with E-state index in [-0.39, 0.29) is 31.2 Å². The van der Waals surface area contributed by atoms with Crippen molar-refractivity contribution in [3.8, 4) is 22.8 Å². The fraction of sp³-hybridized carbons (Fsp3) is 0.333. The van der Waals surface area contributed by atoms with E-state index in [2.05, 4.69) is 10.3 Å². The first kappa shape index (κ1) is 27.6. The van der Waals surface area contributed by atoms with Crippen LogP contribution in [0.1, 0.15) is 10.4 Å². The van der Waals surface area contributed by atoms with Crippen LogP contribution in [0.4, 0.5) is 5.13 Å². The van der Waals surface area contributed by atoms with Gasteiger partial charge in [-0.2, -0.15) is 4.31 Å². The first-order valence-corrected chi connectivity index (χ1v) is 13.2. The molecule has 1 N–H and O–H groups in total. The smallest absolute Gasteiger partial charge is 0.257 e. The van der Waals surface area contributed by atoms with Crippen molar-refractivity contribution >= 4 is 32.4 Å². The van der Waals surface area contributed by atoms with Gasteiger partial charge in [-0.05, 0) is 42.5 Å². The predicted molar refractivity (Wildman–Crippen MR) is 138 cm³/mol. The maximum absolute atomic E-state index is 13.0. The second-order valence-corrected chi connectivity index (χ2v) is 10.3. The molecule has 0 bridgehead atoms. The molecule has 0 aliphatic rings. The van der Waals surface area contributed by atoms with E-state index in [1.807, 2.05) is 11.4 Å². The molecule has 0 aliphatic heterocycles. The summed E-state index contributed by atoms with van der Waals surface area (Å²) < 4.78 is 48.0. The number of nitrogens with zero attached hydrogens (tertiary/aromatic N) is 2. The Balaban J connectivity index is 1.71. The molecule has 0 aliphatic carbocycles. The van der Waals surface area contributed by atoms with E-state index in [1.54, 1.807) is 26.4 Å². The van der Waals surface area contributed by atoms with E-state index in [4.69, 9.17) is 18.9 Å². The lowest BCUT2D eigenvalue weighted by atomic mass is 10.1. The molecule has 0 saturated carbocycles. The van der Waals surface area contributed by atoms with Crippen LogP contribution in [0.2, 0.25) is 0 Å². The number of amides is 1. The first-order valence-electron chi connectivity index (χ1n) is 10.9. The van der Waals surface area contributed by atoms with Crippen LogP contribution in [0.25, 0.3) is 11.3 Å². The lowest BCUT2D eigenvalue weighted by molar-refractivity contribution is 0.102. The van der Waals surface area contributed by atoms with Gasteiger partial charge in [0.2, 0.25) is 10.0 Å². The maximum Gasteiger partial charge on any atom is 0.257 e. The van der Waals surface area contributed by atoms with Crippen LogP contribution in [0.15, 0.2) is 52.7 Å². The molecular formula is C24H29N3O7S2. The molecule has 1 aromatic heterocycles. The van der Waals surface area contributed by atoms with E-state index in [9.17, 15) is 13.2 Å². The van der Waals surface area contributed by atoms with Crippen molar-refractivity contribution in [1.82, 2.24) is 9.29 Å². The molecule has 0 radical (unpaired) electrons. The SMILES string of the molecule is COCCN(CCOC)S(=O)(=O)c1ccc(C(=O)Nc2nc(-c3ccc(OC)c(OC)c3)cs2)cc1. The number of nitrogens with one attached hydrogen (secondary N) is 1. The monoisotopic (exact) mass is 535 g/mol. The Labute approximate surface area is 214 Å². The van der Waals surface area contributed by atoms with Gasteiger partial charge in [0.15, 0.2) is 16.6 Å². The molecule has 10 nitrogen and oxygen atoms in total. The largest absolute Gasteiger partial charge is 0.493 e. The summed E-state index contributed by atoms with van der Waals surface area (Å²) in [7, 11) is 2.36. The van der Waals surface area contributed by atoms with Crippen molar-refractivity contribution in [2.75, 3.05) is 60.1 Å². The van der Waals surface area contributed by atoms with Crippen molar-refractivity contribution < 1.29 is 32.2 Å². The van der Waals surface area contributed by atoms with Crippen molar-refractivity contribution in [2.24, 2.45) is 0 Å². The Morgan fingerprint density at radius 1 is 0.944 bits per heavy atom. The molecule has 1 amide bonds. The van der Waals surface area contributed by atoms with Crippen LogP contribution in [-0.2, 0) is 19.5 Å². The van der Waals surface area contributed by atoms with Crippen molar-refractivity contribution in [1.29, 1.82) is 0 Å². The van der Waals surface area contributed by atoms with Crippen molar-refractivity contribution in [3.63, 3.8) is 0 Å². The zero-order chi connectivity index (χ0) is 26.1. The van der Waals surface area contributed by atoms with Crippen LogP contribution in [-0.4, -0.2) is 78.4 Å². The zero-order valence-electron chi connectivity index (χ0n) is 20.5. The molecule has 1 heterocycles. The molecule has 0 spiro atoms. The van der Waals surface area contributed by atoms with E-state index in [1.165, 1.54) is 54.1 Å². The number of benzene rings is 2. The molecule has 12 heteroatoms. The average molecular weight is 536 g/mol. The van der Waals surface area contributed by atoms with Gasteiger partial charge in [0.1, 0.15) is 0 Å². The zero-order valence-corrected chi connectivity index (χ0v) is 22.1. The van der Waals surface area contributed by atoms with E-state index >= 15 is 0 Å². The highest BCUT2D eigenvalue weighted by Crippen LogP contribution is 2.33. The topological polar surface area (TPSA) is 116 Å². The van der Waals surface area contributed by atoms with E-state index < -0.39 is 15.9 Å². The molecule has 3 rings (SSSR count). The molecule has 194 valence electrons. The summed E-state index contributed by atoms with van der Waals surface area (Å²) in [4.78, 5) is 17.3. The number of thiazole rings is 1. The van der Waals surface area contributed by atoms with Crippen LogP contribution in [0.3, 0.4) is 0 Å². The second kappa shape index (κ2) is 12.8. The first-order chi connectivity index (χ1) is 17.3. The van der Waals surface area contributed by atoms with E-state index in [0.29, 0.717) is 27.9 Å². The van der Waals surface area contributed by atoms with Gasteiger partial charge in [-0.15, -0.1) is 11.3 Å². The summed E-state index contributed by atoms with van der Waals surface area (Å²) in [5, 5.41) is 4.99. The number of hydrogen-bond donors (Lipinski definition) is 1. The van der Waals surface area contributed by atoms with Gasteiger partial charge >= 0.3 is 0 Å². The third-order valence-electron chi connectivity index (χ3n) is 5.25. The van der Waals surface area contributed by atoms with Gasteiger partial charge in [0.05, 0.1) is 38.0 Å². The van der Waals surface area contributed by atoms with Crippen molar-refractivity contribution in [2.45, 2.75) is 4.90 Å². The summed E-state index contributed by atoms with van der Waals surface area (Å²) in [5.74, 6) is 0.783. The molecule has 3 aromatic rings. The van der Waals surface area contributed by atoms with Crippen LogP contribution >= 0.6 is 11.3 Å². The second-order valence-electron chi connectivity index (χ2n) is 7.48. The number of ether oxygens (including phenoxy) is 4. The molecule has 0 unspecified atom stereocenters. The molecule has 0 saturated heterocycles. The van der Waals surface area contributed by atoms with E-state index in [0.717, 1.165) is 5.56 Å². The Bertz CT molecular complexity index is 1250. The number of anilines is 1. The minimum Gasteiger partial charge on any atom is -0.493 e. The minimum absolute atomic E-state index is 0.0799. The molecule has 0 atom stereocenters. The summed E-state index contributed by atoms with van der Waals surface area (Å²) in [6, 6.07) is 11.2. The summed E-state index contributed by atoms with van der Waals surface area (Å²) in [5.41, 5.74) is 1.78. The van der Waals surface area contributed by atoms with Gasteiger partial charge in [0, 0.05) is 43.8 Å². The summed E-state index contributed by atoms with van der Waals surface area (Å²) >= 11 is 1.28. The quantitative estimate of drug-likeness (QED) is 0.354. The average Bonchev–Trinajstić information content (AvgIpc) is 3.36. The van der Waals surface area contributed by atoms with Crippen molar-refractivity contribution in [3.05, 3.63) is 53.4 Å². The lowest BCUT2D eigenvalue weighted by Crippen LogP contribution is -2.36. The summed E-state index contributed by atoms with van der Waals surface area (Å²) in [6.45, 7) is 0.888. The summed E-state index contributed by atoms with van der Waals surface area (Å²) in [6.07, 6.45) is 0. The standard InChI is InChI=1S/C24H29N3O7S2/c1-31-13-11-27(12-14-32-2)36(29,30)19-8-5-17(6-9-19)23(28)26-24-25-20(16-35-24)18-7-10-21(33-3)22(15-18)34-4/h5-10,15-16H,11-14H2,1-4H3,(H,25,26,28). The van der Waals surface area contributed by atoms with Crippen LogP contribution in [0, 0.1) is 0 Å². The molecule has 0 fully saturated rings. The van der Waals surface area contributed by atoms with Crippen LogP contribution in [0.5, 0.6) is 11.5 Å². The number of methoxy groups -OCH3 is 4. The van der Waals surface area contributed by atoms with Gasteiger partial charge in [-0.3, -0.25) is 10.1 Å². The predicted octanol–water partition coefficient (Wildman–Crippen LogP) is 3.36. The Hall–Kier alpha value is -3.03. The fourth-order valence-corrected chi connectivity index (χ4v) is 5.42. The molecular weight excluding hydrogens is 506 g/mol. The number of carbonyl (C=O) groups excluding carboxylic acids is 1. The highest BCUT2D eigenvalue weighted by Gasteiger charge is 2.24. The lowest BCUT2D eigenvalue weighted by Gasteiger charge is -2.21. The Morgan fingerprint density at radius 3 is 2.17 bits per heavy atom. The van der Waals surface area contributed by atoms with Gasteiger partial charge in [-0.25, -0.2) is 13.4 Å². The minimum atomic E-state index is -3.77. The molecule has 36 heavy (non-hydrogen) atoms. The number of carbonyl (C=O) groups is 1. The van der Waals surface area contributed by atoms with Gasteiger partial charge in [-0.1, -0.05) is 0 Å². The number of rotatable bonds is 13. The highest BCUT2D eigenvalue weighted by molar-refractivity contribution is 7.89. The number of sulfonamides is 1.